The predicted molar refractivity (Wildman–Crippen MR) is 56.4 cm³/mol. The molecule has 15 heavy (non-hydrogen) atoms. The summed E-state index contributed by atoms with van der Waals surface area (Å²) in [5.41, 5.74) is -0.212. The summed E-state index contributed by atoms with van der Waals surface area (Å²) >= 11 is 0. The molecule has 5 heteroatoms. The predicted octanol–water partition coefficient (Wildman–Crippen LogP) is 0.160. The first-order chi connectivity index (χ1) is 7.24. The molecule has 0 bridgehead atoms. The molecule has 1 amide bonds. The Morgan fingerprint density at radius 1 is 1.60 bits per heavy atom. The van der Waals surface area contributed by atoms with Crippen molar-refractivity contribution in [2.75, 3.05) is 6.54 Å². The monoisotopic (exact) mass is 209 g/mol. The lowest BCUT2D eigenvalue weighted by atomic mass is 10.3. The first kappa shape index (κ1) is 11.4. The van der Waals surface area contributed by atoms with E-state index < -0.39 is 0 Å². The number of amides is 1. The van der Waals surface area contributed by atoms with Crippen LogP contribution in [0.2, 0.25) is 0 Å². The number of nitrogens with one attached hydrogen (secondary N) is 1. The molecule has 1 rings (SSSR count). The molecular formula is C10H15N3O2. The third-order valence-corrected chi connectivity index (χ3v) is 1.96. The van der Waals surface area contributed by atoms with E-state index in [1.165, 1.54) is 23.2 Å². The van der Waals surface area contributed by atoms with Gasteiger partial charge in [-0.25, -0.2) is 4.98 Å². The van der Waals surface area contributed by atoms with Crippen molar-refractivity contribution in [2.45, 2.75) is 26.3 Å². The van der Waals surface area contributed by atoms with E-state index in [-0.39, 0.29) is 18.0 Å². The lowest BCUT2D eigenvalue weighted by Crippen LogP contribution is -2.32. The highest BCUT2D eigenvalue weighted by Crippen LogP contribution is 1.84. The van der Waals surface area contributed by atoms with E-state index in [1.807, 2.05) is 0 Å². The minimum absolute atomic E-state index is 0.0381. The molecule has 0 aliphatic carbocycles. The van der Waals surface area contributed by atoms with Crippen LogP contribution < -0.4 is 10.9 Å². The molecular weight excluding hydrogens is 194 g/mol. The van der Waals surface area contributed by atoms with Crippen LogP contribution in [0, 0.1) is 0 Å². The van der Waals surface area contributed by atoms with Crippen molar-refractivity contribution in [2.24, 2.45) is 0 Å². The maximum Gasteiger partial charge on any atom is 0.253 e. The molecule has 1 aromatic rings. The van der Waals surface area contributed by atoms with Crippen molar-refractivity contribution in [3.63, 3.8) is 0 Å². The van der Waals surface area contributed by atoms with Gasteiger partial charge < -0.3 is 5.32 Å². The topological polar surface area (TPSA) is 64.0 Å². The number of carbonyl (C=O) groups excluding carboxylic acids is 1. The molecule has 0 aliphatic heterocycles. The van der Waals surface area contributed by atoms with Gasteiger partial charge in [0.15, 0.2) is 0 Å². The van der Waals surface area contributed by atoms with E-state index in [0.29, 0.717) is 6.54 Å². The summed E-state index contributed by atoms with van der Waals surface area (Å²) in [6.45, 7) is 2.75. The van der Waals surface area contributed by atoms with Crippen LogP contribution >= 0.6 is 0 Å². The summed E-state index contributed by atoms with van der Waals surface area (Å²) in [6, 6.07) is 1.33. The normalized spacial score (nSPS) is 9.93. The summed E-state index contributed by atoms with van der Waals surface area (Å²) in [6.07, 6.45) is 4.76. The highest BCUT2D eigenvalue weighted by molar-refractivity contribution is 5.75. The van der Waals surface area contributed by atoms with Gasteiger partial charge in [-0.05, 0) is 6.42 Å². The first-order valence-electron chi connectivity index (χ1n) is 5.01. The Morgan fingerprint density at radius 3 is 3.07 bits per heavy atom. The van der Waals surface area contributed by atoms with E-state index in [4.69, 9.17) is 0 Å². The van der Waals surface area contributed by atoms with Gasteiger partial charge >= 0.3 is 0 Å². The van der Waals surface area contributed by atoms with Crippen molar-refractivity contribution in [3.8, 4) is 0 Å². The molecule has 82 valence electrons. The fraction of sp³-hybridized carbons (Fsp3) is 0.500. The molecule has 5 nitrogen and oxygen atoms in total. The lowest BCUT2D eigenvalue weighted by molar-refractivity contribution is -0.121. The Hall–Kier alpha value is -1.65. The molecule has 0 unspecified atom stereocenters. The van der Waals surface area contributed by atoms with Gasteiger partial charge in [0.25, 0.3) is 5.56 Å². The maximum atomic E-state index is 11.3. The molecule has 0 fully saturated rings. The lowest BCUT2D eigenvalue weighted by Gasteiger charge is -2.05. The Balaban J connectivity index is 2.45. The molecule has 0 radical (unpaired) electrons. The van der Waals surface area contributed by atoms with Gasteiger partial charge in [0.05, 0.1) is 6.33 Å². The van der Waals surface area contributed by atoms with Crippen molar-refractivity contribution in [1.82, 2.24) is 14.9 Å². The minimum Gasteiger partial charge on any atom is -0.355 e. The van der Waals surface area contributed by atoms with Gasteiger partial charge in [-0.2, -0.15) is 0 Å². The zero-order valence-corrected chi connectivity index (χ0v) is 8.77. The van der Waals surface area contributed by atoms with Crippen LogP contribution in [0.4, 0.5) is 0 Å². The van der Waals surface area contributed by atoms with Gasteiger partial charge in [0, 0.05) is 18.8 Å². The van der Waals surface area contributed by atoms with E-state index in [0.717, 1.165) is 12.8 Å². The van der Waals surface area contributed by atoms with Crippen LogP contribution in [0.3, 0.4) is 0 Å². The molecule has 0 spiro atoms. The third-order valence-electron chi connectivity index (χ3n) is 1.96. The van der Waals surface area contributed by atoms with Gasteiger partial charge in [-0.3, -0.25) is 14.2 Å². The number of unbranched alkanes of at least 4 members (excludes halogenated alkanes) is 1. The smallest absolute Gasteiger partial charge is 0.253 e. The summed E-state index contributed by atoms with van der Waals surface area (Å²) in [7, 11) is 0. The fourth-order valence-electron chi connectivity index (χ4n) is 1.11. The van der Waals surface area contributed by atoms with Crippen LogP contribution in [-0.2, 0) is 11.3 Å². The molecule has 0 saturated carbocycles. The number of nitrogens with zero attached hydrogens (tertiary/aromatic N) is 2. The summed E-state index contributed by atoms with van der Waals surface area (Å²) in [4.78, 5) is 26.3. The summed E-state index contributed by atoms with van der Waals surface area (Å²) in [5, 5.41) is 2.73. The number of aromatic nitrogens is 2. The van der Waals surface area contributed by atoms with Crippen LogP contribution in [-0.4, -0.2) is 22.0 Å². The summed E-state index contributed by atoms with van der Waals surface area (Å²) < 4.78 is 1.28. The second kappa shape index (κ2) is 5.95. The molecule has 1 aromatic heterocycles. The first-order valence-corrected chi connectivity index (χ1v) is 5.01. The number of hydrogen-bond acceptors (Lipinski definition) is 3. The molecule has 1 N–H and O–H groups in total. The van der Waals surface area contributed by atoms with Crippen molar-refractivity contribution >= 4 is 5.91 Å². The van der Waals surface area contributed by atoms with Gasteiger partial charge in [-0.1, -0.05) is 13.3 Å². The van der Waals surface area contributed by atoms with Crippen molar-refractivity contribution in [3.05, 3.63) is 28.9 Å². The molecule has 0 atom stereocenters. The molecule has 0 aliphatic rings. The fourth-order valence-corrected chi connectivity index (χ4v) is 1.11. The molecule has 0 aromatic carbocycles. The van der Waals surface area contributed by atoms with Gasteiger partial charge in [-0.15, -0.1) is 0 Å². The molecule has 0 saturated heterocycles. The highest BCUT2D eigenvalue weighted by Gasteiger charge is 2.02. The van der Waals surface area contributed by atoms with E-state index in [9.17, 15) is 9.59 Å². The Labute approximate surface area is 88.1 Å². The zero-order chi connectivity index (χ0) is 11.1. The van der Waals surface area contributed by atoms with Crippen LogP contribution in [0.1, 0.15) is 19.8 Å². The van der Waals surface area contributed by atoms with Crippen LogP contribution in [0.25, 0.3) is 0 Å². The molecule has 1 heterocycles. The average molecular weight is 209 g/mol. The van der Waals surface area contributed by atoms with E-state index in [2.05, 4.69) is 17.2 Å². The van der Waals surface area contributed by atoms with Gasteiger partial charge in [0.2, 0.25) is 5.91 Å². The largest absolute Gasteiger partial charge is 0.355 e. The second-order valence-electron chi connectivity index (χ2n) is 3.25. The minimum atomic E-state index is -0.212. The number of hydrogen-bond donors (Lipinski definition) is 1. The second-order valence-corrected chi connectivity index (χ2v) is 3.25. The quantitative estimate of drug-likeness (QED) is 0.702. The van der Waals surface area contributed by atoms with Crippen molar-refractivity contribution in [1.29, 1.82) is 0 Å². The third kappa shape index (κ3) is 3.93. The van der Waals surface area contributed by atoms with E-state index >= 15 is 0 Å². The maximum absolute atomic E-state index is 11.3. The SMILES string of the molecule is CCCCNC(=O)Cn1cnccc1=O. The van der Waals surface area contributed by atoms with Crippen LogP contribution in [0.15, 0.2) is 23.4 Å². The Morgan fingerprint density at radius 2 is 2.40 bits per heavy atom. The summed E-state index contributed by atoms with van der Waals surface area (Å²) in [5.74, 6) is -0.154. The standard InChI is InChI=1S/C10H15N3O2/c1-2-3-5-12-9(14)7-13-8-11-6-4-10(13)15/h4,6,8H,2-3,5,7H2,1H3,(H,12,14). The average Bonchev–Trinajstić information content (AvgIpc) is 2.22. The number of rotatable bonds is 5. The highest BCUT2D eigenvalue weighted by atomic mass is 16.2. The zero-order valence-electron chi connectivity index (χ0n) is 8.77. The van der Waals surface area contributed by atoms with E-state index in [1.54, 1.807) is 0 Å². The Kier molecular flexibility index (Phi) is 4.53. The Bertz CT molecular complexity index is 373. The number of carbonyl (C=O) groups is 1. The van der Waals surface area contributed by atoms with Crippen molar-refractivity contribution < 1.29 is 4.79 Å². The van der Waals surface area contributed by atoms with Crippen LogP contribution in [0.5, 0.6) is 0 Å². The van der Waals surface area contributed by atoms with Gasteiger partial charge in [0.1, 0.15) is 6.54 Å².